The Labute approximate surface area is 164 Å². The Balaban J connectivity index is 2.06. The predicted octanol–water partition coefficient (Wildman–Crippen LogP) is 4.89. The largest absolute Gasteiger partial charge is 0.354 e. The van der Waals surface area contributed by atoms with Crippen LogP contribution in [-0.4, -0.2) is 21.4 Å². The molecule has 1 heterocycles. The first-order chi connectivity index (χ1) is 12.6. The molecule has 0 aliphatic carbocycles. The smallest absolute Gasteiger partial charge is 0.334 e. The molecule has 3 aromatic rings. The number of nitrogens with one attached hydrogen (secondary N) is 1. The number of nitro groups is 1. The Kier molecular flexibility index (Phi) is 5.61. The minimum atomic E-state index is -0.448. The molecule has 0 radical (unpaired) electrons. The molecule has 7 nitrogen and oxygen atoms in total. The van der Waals surface area contributed by atoms with Crippen LogP contribution in [0.3, 0.4) is 0 Å². The summed E-state index contributed by atoms with van der Waals surface area (Å²) in [5.41, 5.74) is 1.40. The molecule has 0 bridgehead atoms. The lowest BCUT2D eigenvalue weighted by Crippen LogP contribution is -2.19. The van der Waals surface area contributed by atoms with Crippen molar-refractivity contribution in [1.82, 2.24) is 9.97 Å². The van der Waals surface area contributed by atoms with Gasteiger partial charge in [0.25, 0.3) is 0 Å². The van der Waals surface area contributed by atoms with Crippen molar-refractivity contribution in [2.45, 2.75) is 6.92 Å². The van der Waals surface area contributed by atoms with E-state index in [2.05, 4.69) is 37.9 Å². The zero-order valence-corrected chi connectivity index (χ0v) is 16.1. The minimum absolute atomic E-state index is 0.156. The Bertz CT molecular complexity index is 903. The van der Waals surface area contributed by atoms with E-state index in [4.69, 9.17) is 0 Å². The van der Waals surface area contributed by atoms with E-state index >= 15 is 0 Å². The van der Waals surface area contributed by atoms with Gasteiger partial charge >= 0.3 is 5.69 Å². The van der Waals surface area contributed by atoms with Gasteiger partial charge in [0.2, 0.25) is 11.6 Å². The van der Waals surface area contributed by atoms with E-state index in [9.17, 15) is 10.1 Å². The molecule has 0 aliphatic rings. The molecule has 0 atom stereocenters. The van der Waals surface area contributed by atoms with E-state index in [-0.39, 0.29) is 17.3 Å². The number of anilines is 4. The molecule has 0 saturated heterocycles. The second kappa shape index (κ2) is 8.09. The summed E-state index contributed by atoms with van der Waals surface area (Å²) in [5.74, 6) is 0.419. The van der Waals surface area contributed by atoms with Crippen LogP contribution in [0.4, 0.5) is 28.7 Å². The minimum Gasteiger partial charge on any atom is -0.334 e. The topological polar surface area (TPSA) is 84.2 Å². The Morgan fingerprint density at radius 2 is 1.81 bits per heavy atom. The molecule has 0 unspecified atom stereocenters. The van der Waals surface area contributed by atoms with Crippen LogP contribution in [0.5, 0.6) is 0 Å². The van der Waals surface area contributed by atoms with Gasteiger partial charge < -0.3 is 10.2 Å². The van der Waals surface area contributed by atoms with Gasteiger partial charge in [0.05, 0.1) is 4.92 Å². The summed E-state index contributed by atoms with van der Waals surface area (Å²) in [5, 5.41) is 14.8. The van der Waals surface area contributed by atoms with Crippen LogP contribution < -0.4 is 10.2 Å². The van der Waals surface area contributed by atoms with Gasteiger partial charge in [-0.05, 0) is 65.9 Å². The molecule has 3 rings (SSSR count). The van der Waals surface area contributed by atoms with Gasteiger partial charge in [-0.2, -0.15) is 0 Å². The average Bonchev–Trinajstić information content (AvgIpc) is 2.65. The van der Waals surface area contributed by atoms with Crippen molar-refractivity contribution >= 4 is 51.3 Å². The van der Waals surface area contributed by atoms with Gasteiger partial charge in [-0.15, -0.1) is 0 Å². The van der Waals surface area contributed by atoms with Crippen molar-refractivity contribution in [3.63, 3.8) is 0 Å². The van der Waals surface area contributed by atoms with Gasteiger partial charge in [-0.1, -0.05) is 18.2 Å². The fourth-order valence-electron chi connectivity index (χ4n) is 2.56. The van der Waals surface area contributed by atoms with Crippen LogP contribution in [0.25, 0.3) is 0 Å². The summed E-state index contributed by atoms with van der Waals surface area (Å²) in [7, 11) is 0. The first-order valence-corrected chi connectivity index (χ1v) is 9.02. The number of para-hydroxylation sites is 1. The molecule has 0 aliphatic heterocycles. The van der Waals surface area contributed by atoms with Crippen molar-refractivity contribution in [2.24, 2.45) is 0 Å². The zero-order chi connectivity index (χ0) is 18.5. The van der Waals surface area contributed by atoms with Crippen LogP contribution in [0.15, 0.2) is 60.9 Å². The molecule has 0 spiro atoms. The average molecular weight is 461 g/mol. The summed E-state index contributed by atoms with van der Waals surface area (Å²) in [6, 6.07) is 17.0. The van der Waals surface area contributed by atoms with Crippen LogP contribution in [0, 0.1) is 13.7 Å². The Morgan fingerprint density at radius 1 is 1.12 bits per heavy atom. The van der Waals surface area contributed by atoms with Gasteiger partial charge in [-0.25, -0.2) is 9.97 Å². The highest BCUT2D eigenvalue weighted by molar-refractivity contribution is 14.1. The number of nitrogens with zero attached hydrogens (tertiary/aromatic N) is 4. The molecule has 0 saturated carbocycles. The maximum Gasteiger partial charge on any atom is 0.354 e. The van der Waals surface area contributed by atoms with Gasteiger partial charge in [0.15, 0.2) is 0 Å². The van der Waals surface area contributed by atoms with Gasteiger partial charge in [0.1, 0.15) is 6.33 Å². The van der Waals surface area contributed by atoms with Crippen LogP contribution >= 0.6 is 22.6 Å². The normalized spacial score (nSPS) is 10.4. The van der Waals surface area contributed by atoms with Crippen LogP contribution in [-0.2, 0) is 0 Å². The fraction of sp³-hybridized carbons (Fsp3) is 0.111. The molecule has 1 N–H and O–H groups in total. The van der Waals surface area contributed by atoms with E-state index in [0.717, 1.165) is 14.9 Å². The maximum absolute atomic E-state index is 11.8. The summed E-state index contributed by atoms with van der Waals surface area (Å²) < 4.78 is 1.08. The summed E-state index contributed by atoms with van der Waals surface area (Å²) in [6.45, 7) is 2.45. The van der Waals surface area contributed by atoms with Crippen LogP contribution in [0.1, 0.15) is 6.92 Å². The Hall–Kier alpha value is -2.75. The van der Waals surface area contributed by atoms with Gasteiger partial charge in [0, 0.05) is 21.5 Å². The molecule has 8 heteroatoms. The highest BCUT2D eigenvalue weighted by atomic mass is 127. The second-order valence-electron chi connectivity index (χ2n) is 5.36. The fourth-order valence-corrected chi connectivity index (χ4v) is 2.92. The highest BCUT2D eigenvalue weighted by Crippen LogP contribution is 2.36. The van der Waals surface area contributed by atoms with Crippen molar-refractivity contribution in [3.8, 4) is 0 Å². The molecule has 0 fully saturated rings. The third kappa shape index (κ3) is 3.90. The standard InChI is InChI=1S/C18H16IN5O2/c1-2-23(15-6-4-3-5-7-15)18-16(24(25)26)17(20-12-21-18)22-14-10-8-13(19)9-11-14/h3-12H,2H2,1H3,(H,20,21,22). The van der Waals surface area contributed by atoms with Crippen molar-refractivity contribution in [2.75, 3.05) is 16.8 Å². The molecule has 132 valence electrons. The monoisotopic (exact) mass is 461 g/mol. The number of halogens is 1. The molecular formula is C18H16IN5O2. The van der Waals surface area contributed by atoms with Gasteiger partial charge in [-0.3, -0.25) is 10.1 Å². The quantitative estimate of drug-likeness (QED) is 0.320. The summed E-state index contributed by atoms with van der Waals surface area (Å²) in [6.07, 6.45) is 1.34. The lowest BCUT2D eigenvalue weighted by molar-refractivity contribution is -0.383. The number of rotatable bonds is 6. The lowest BCUT2D eigenvalue weighted by atomic mass is 10.2. The third-order valence-electron chi connectivity index (χ3n) is 3.73. The maximum atomic E-state index is 11.8. The first kappa shape index (κ1) is 18.1. The van der Waals surface area contributed by atoms with Crippen molar-refractivity contribution < 1.29 is 4.92 Å². The highest BCUT2D eigenvalue weighted by Gasteiger charge is 2.27. The van der Waals surface area contributed by atoms with E-state index < -0.39 is 4.92 Å². The number of benzene rings is 2. The molecule has 26 heavy (non-hydrogen) atoms. The number of hydrogen-bond acceptors (Lipinski definition) is 6. The molecule has 0 amide bonds. The molecular weight excluding hydrogens is 445 g/mol. The molecule has 1 aromatic heterocycles. The van der Waals surface area contributed by atoms with E-state index in [1.807, 2.05) is 61.5 Å². The lowest BCUT2D eigenvalue weighted by Gasteiger charge is -2.22. The second-order valence-corrected chi connectivity index (χ2v) is 6.61. The van der Waals surface area contributed by atoms with Crippen molar-refractivity contribution in [1.29, 1.82) is 0 Å². The van der Waals surface area contributed by atoms with Crippen LogP contribution in [0.2, 0.25) is 0 Å². The third-order valence-corrected chi connectivity index (χ3v) is 4.45. The zero-order valence-electron chi connectivity index (χ0n) is 14.0. The SMILES string of the molecule is CCN(c1ccccc1)c1ncnc(Nc2ccc(I)cc2)c1[N+](=O)[O-]. The van der Waals surface area contributed by atoms with E-state index in [1.54, 1.807) is 4.90 Å². The molecule has 2 aromatic carbocycles. The number of hydrogen-bond donors (Lipinski definition) is 1. The summed E-state index contributed by atoms with van der Waals surface area (Å²) in [4.78, 5) is 21.4. The number of aromatic nitrogens is 2. The first-order valence-electron chi connectivity index (χ1n) is 7.94. The van der Waals surface area contributed by atoms with E-state index in [1.165, 1.54) is 6.33 Å². The Morgan fingerprint density at radius 3 is 2.42 bits per heavy atom. The van der Waals surface area contributed by atoms with Crippen molar-refractivity contribution in [3.05, 3.63) is 74.6 Å². The van der Waals surface area contributed by atoms with E-state index in [0.29, 0.717) is 6.54 Å². The summed E-state index contributed by atoms with van der Waals surface area (Å²) >= 11 is 2.20. The predicted molar refractivity (Wildman–Crippen MR) is 110 cm³/mol.